The molecule has 0 saturated carbocycles. The molecule has 3 N–H and O–H groups in total. The predicted molar refractivity (Wildman–Crippen MR) is 79.3 cm³/mol. The summed E-state index contributed by atoms with van der Waals surface area (Å²) in [6, 6.07) is 4.82. The fourth-order valence-corrected chi connectivity index (χ4v) is 4.14. The van der Waals surface area contributed by atoms with E-state index in [1.54, 1.807) is 18.2 Å². The predicted octanol–water partition coefficient (Wildman–Crippen LogP) is 2.18. The summed E-state index contributed by atoms with van der Waals surface area (Å²) in [5.74, 6) is 0. The molecule has 0 aliphatic heterocycles. The first-order valence-electron chi connectivity index (χ1n) is 4.45. The van der Waals surface area contributed by atoms with Gasteiger partial charge in [-0.1, -0.05) is 22.9 Å². The minimum absolute atomic E-state index is 0.0983. The van der Waals surface area contributed by atoms with Crippen molar-refractivity contribution in [3.8, 4) is 0 Å². The molecule has 2 rings (SSSR count). The van der Waals surface area contributed by atoms with Gasteiger partial charge in [-0.2, -0.15) is 8.42 Å². The van der Waals surface area contributed by atoms with E-state index in [9.17, 15) is 8.42 Å². The van der Waals surface area contributed by atoms with E-state index >= 15 is 0 Å². The van der Waals surface area contributed by atoms with Crippen LogP contribution >= 0.6 is 45.5 Å². The number of nitrogens with one attached hydrogen (secondary N) is 1. The van der Waals surface area contributed by atoms with Gasteiger partial charge >= 0.3 is 0 Å². The SMILES string of the molecule is Nc1nnc(S(=O)(=O)Nc2ccc(Cl)cc2I)s1. The average molecular weight is 417 g/mol. The highest BCUT2D eigenvalue weighted by molar-refractivity contribution is 14.1. The first-order valence-corrected chi connectivity index (χ1v) is 8.21. The molecule has 0 aliphatic rings. The van der Waals surface area contributed by atoms with Gasteiger partial charge in [-0.25, -0.2) is 0 Å². The second-order valence-electron chi connectivity index (χ2n) is 3.14. The van der Waals surface area contributed by atoms with Crippen LogP contribution in [0.15, 0.2) is 22.5 Å². The molecule has 0 saturated heterocycles. The fourth-order valence-electron chi connectivity index (χ4n) is 1.09. The van der Waals surface area contributed by atoms with E-state index in [-0.39, 0.29) is 9.47 Å². The van der Waals surface area contributed by atoms with Crippen LogP contribution in [0.5, 0.6) is 0 Å². The summed E-state index contributed by atoms with van der Waals surface area (Å²) < 4.78 is 26.8. The van der Waals surface area contributed by atoms with Crippen molar-refractivity contribution < 1.29 is 8.42 Å². The van der Waals surface area contributed by atoms with Gasteiger partial charge in [-0.3, -0.25) is 4.72 Å². The number of anilines is 2. The standard InChI is InChI=1S/C8H6ClIN4O2S2/c9-4-1-2-6(5(10)3-4)14-18(15,16)8-13-12-7(11)17-8/h1-3,14H,(H2,11,12). The Bertz CT molecular complexity index is 688. The van der Waals surface area contributed by atoms with Crippen LogP contribution in [0, 0.1) is 3.57 Å². The van der Waals surface area contributed by atoms with Crippen molar-refractivity contribution in [3.05, 3.63) is 26.8 Å². The summed E-state index contributed by atoms with van der Waals surface area (Å²) in [5, 5.41) is 7.59. The molecule has 0 spiro atoms. The Morgan fingerprint density at radius 1 is 1.39 bits per heavy atom. The second kappa shape index (κ2) is 5.15. The van der Waals surface area contributed by atoms with E-state index in [0.29, 0.717) is 14.3 Å². The molecule has 0 unspecified atom stereocenters. The zero-order chi connectivity index (χ0) is 13.3. The molecule has 0 atom stereocenters. The van der Waals surface area contributed by atoms with Gasteiger partial charge in [0.15, 0.2) is 0 Å². The summed E-state index contributed by atoms with van der Waals surface area (Å²) in [6.07, 6.45) is 0. The molecule has 0 aliphatic carbocycles. The smallest absolute Gasteiger partial charge is 0.291 e. The number of hydrogen-bond acceptors (Lipinski definition) is 6. The molecule has 1 heterocycles. The highest BCUT2D eigenvalue weighted by atomic mass is 127. The molecular formula is C8H6ClIN4O2S2. The lowest BCUT2D eigenvalue weighted by Gasteiger charge is -2.07. The van der Waals surface area contributed by atoms with E-state index in [0.717, 1.165) is 11.3 Å². The van der Waals surface area contributed by atoms with Gasteiger partial charge < -0.3 is 5.73 Å². The monoisotopic (exact) mass is 416 g/mol. The van der Waals surface area contributed by atoms with Crippen LogP contribution in [0.25, 0.3) is 0 Å². The fraction of sp³-hybridized carbons (Fsp3) is 0. The quantitative estimate of drug-likeness (QED) is 0.747. The minimum Gasteiger partial charge on any atom is -0.374 e. The normalized spacial score (nSPS) is 11.4. The Hall–Kier alpha value is -0.650. The molecule has 0 radical (unpaired) electrons. The highest BCUT2D eigenvalue weighted by Crippen LogP contribution is 2.26. The van der Waals surface area contributed by atoms with Crippen LogP contribution in [0.4, 0.5) is 10.8 Å². The zero-order valence-electron chi connectivity index (χ0n) is 8.59. The Morgan fingerprint density at radius 3 is 2.67 bits per heavy atom. The van der Waals surface area contributed by atoms with E-state index < -0.39 is 10.0 Å². The third-order valence-corrected chi connectivity index (χ3v) is 5.44. The first-order chi connectivity index (χ1) is 8.38. The van der Waals surface area contributed by atoms with Crippen molar-refractivity contribution in [2.24, 2.45) is 0 Å². The number of sulfonamides is 1. The lowest BCUT2D eigenvalue weighted by atomic mass is 10.3. The number of nitrogens with two attached hydrogens (primary N) is 1. The Morgan fingerprint density at radius 2 is 2.11 bits per heavy atom. The third-order valence-electron chi connectivity index (χ3n) is 1.83. The molecule has 0 bridgehead atoms. The summed E-state index contributed by atoms with van der Waals surface area (Å²) in [7, 11) is -3.76. The number of nitrogen functional groups attached to an aromatic ring is 1. The lowest BCUT2D eigenvalue weighted by Crippen LogP contribution is -2.13. The van der Waals surface area contributed by atoms with Crippen molar-refractivity contribution in [2.75, 3.05) is 10.5 Å². The summed E-state index contributed by atoms with van der Waals surface area (Å²) in [4.78, 5) is 0. The zero-order valence-corrected chi connectivity index (χ0v) is 13.1. The summed E-state index contributed by atoms with van der Waals surface area (Å²) in [6.45, 7) is 0. The number of hydrogen-bond donors (Lipinski definition) is 2. The maximum atomic E-state index is 12.0. The van der Waals surface area contributed by atoms with Crippen molar-refractivity contribution in [3.63, 3.8) is 0 Å². The maximum Gasteiger partial charge on any atom is 0.291 e. The van der Waals surface area contributed by atoms with E-state index in [4.69, 9.17) is 17.3 Å². The van der Waals surface area contributed by atoms with Gasteiger partial charge in [0.2, 0.25) is 5.13 Å². The van der Waals surface area contributed by atoms with Gasteiger partial charge in [-0.15, -0.1) is 10.2 Å². The third kappa shape index (κ3) is 3.02. The molecule has 18 heavy (non-hydrogen) atoms. The van der Waals surface area contributed by atoms with Gasteiger partial charge in [-0.05, 0) is 40.8 Å². The molecular weight excluding hydrogens is 411 g/mol. The number of halogens is 2. The number of aromatic nitrogens is 2. The number of benzene rings is 1. The average Bonchev–Trinajstić information content (AvgIpc) is 2.70. The highest BCUT2D eigenvalue weighted by Gasteiger charge is 2.20. The van der Waals surface area contributed by atoms with Crippen molar-refractivity contribution >= 4 is 66.4 Å². The first kappa shape index (κ1) is 13.8. The summed E-state index contributed by atoms with van der Waals surface area (Å²) in [5.41, 5.74) is 5.78. The van der Waals surface area contributed by atoms with Gasteiger partial charge in [0, 0.05) is 8.59 Å². The largest absolute Gasteiger partial charge is 0.374 e. The molecule has 6 nitrogen and oxygen atoms in total. The van der Waals surface area contributed by atoms with E-state index in [1.807, 2.05) is 22.6 Å². The molecule has 2 aromatic rings. The topological polar surface area (TPSA) is 98.0 Å². The number of rotatable bonds is 3. The number of nitrogens with zero attached hydrogens (tertiary/aromatic N) is 2. The second-order valence-corrected chi connectivity index (χ2v) is 7.60. The molecule has 10 heteroatoms. The van der Waals surface area contributed by atoms with Crippen molar-refractivity contribution in [2.45, 2.75) is 4.34 Å². The molecule has 1 aromatic heterocycles. The lowest BCUT2D eigenvalue weighted by molar-refractivity contribution is 0.599. The molecule has 0 fully saturated rings. The molecule has 96 valence electrons. The van der Waals surface area contributed by atoms with Gasteiger partial charge in [0.05, 0.1) is 5.69 Å². The van der Waals surface area contributed by atoms with Crippen LogP contribution in [0.3, 0.4) is 0 Å². The van der Waals surface area contributed by atoms with Crippen molar-refractivity contribution in [1.82, 2.24) is 10.2 Å². The van der Waals surface area contributed by atoms with Crippen LogP contribution in [-0.4, -0.2) is 18.6 Å². The van der Waals surface area contributed by atoms with E-state index in [2.05, 4.69) is 14.9 Å². The maximum absolute atomic E-state index is 12.0. The Balaban J connectivity index is 2.33. The van der Waals surface area contributed by atoms with Crippen LogP contribution in [-0.2, 0) is 10.0 Å². The van der Waals surface area contributed by atoms with Crippen molar-refractivity contribution in [1.29, 1.82) is 0 Å². The van der Waals surface area contributed by atoms with Gasteiger partial charge in [0.1, 0.15) is 0 Å². The van der Waals surface area contributed by atoms with Crippen LogP contribution in [0.2, 0.25) is 5.02 Å². The molecule has 0 amide bonds. The van der Waals surface area contributed by atoms with E-state index in [1.165, 1.54) is 0 Å². The summed E-state index contributed by atoms with van der Waals surface area (Å²) >= 11 is 8.57. The molecule has 1 aromatic carbocycles. The van der Waals surface area contributed by atoms with Crippen LogP contribution in [0.1, 0.15) is 0 Å². The van der Waals surface area contributed by atoms with Crippen LogP contribution < -0.4 is 10.5 Å². The van der Waals surface area contributed by atoms with Gasteiger partial charge in [0.25, 0.3) is 14.4 Å². The Labute approximate surface area is 126 Å². The Kier molecular flexibility index (Phi) is 3.94. The minimum atomic E-state index is -3.76.